The molecule has 44 heavy (non-hydrogen) atoms. The van der Waals surface area contributed by atoms with Gasteiger partial charge in [-0.25, -0.2) is 9.59 Å². The lowest BCUT2D eigenvalue weighted by Gasteiger charge is -2.28. The standard InChI is InChI=1S/C32H33N5O7/c1-4-42-27-15-22(30-29(31(39)41-3)20(2)35-32(40)36-30)11-14-26(27)44-19-28(38)37-34-17-21-9-12-25(13-10-21)43-18-24-8-6-5-7-23(24)16-33/h5-15,17,28,30,37-38H,4,18-19H2,1-3H3,(H2,35,36,40)/b34-17-/t28-,30+/m1/s1. The van der Waals surface area contributed by atoms with Crippen molar-refractivity contribution in [3.05, 3.63) is 100 Å². The van der Waals surface area contributed by atoms with Crippen LogP contribution in [0, 0.1) is 11.3 Å². The van der Waals surface area contributed by atoms with Gasteiger partial charge in [0.2, 0.25) is 0 Å². The first kappa shape index (κ1) is 31.4. The number of allylic oxidation sites excluding steroid dienone is 1. The Kier molecular flexibility index (Phi) is 10.8. The number of esters is 1. The molecule has 0 fully saturated rings. The Bertz CT molecular complexity index is 1580. The highest BCUT2D eigenvalue weighted by Crippen LogP contribution is 2.35. The zero-order valence-corrected chi connectivity index (χ0v) is 24.5. The highest BCUT2D eigenvalue weighted by atomic mass is 16.5. The van der Waals surface area contributed by atoms with Gasteiger partial charge in [-0.05, 0) is 67.4 Å². The molecule has 0 aliphatic carbocycles. The minimum atomic E-state index is -1.14. The fraction of sp³-hybridized carbons (Fsp3) is 0.250. The summed E-state index contributed by atoms with van der Waals surface area (Å²) in [5, 5.41) is 29.0. The van der Waals surface area contributed by atoms with Crippen molar-refractivity contribution in [3.8, 4) is 23.3 Å². The molecule has 228 valence electrons. The Labute approximate surface area is 254 Å². The van der Waals surface area contributed by atoms with Crippen LogP contribution in [0.2, 0.25) is 0 Å². The maximum absolute atomic E-state index is 12.4. The lowest BCUT2D eigenvalue weighted by atomic mass is 9.95. The van der Waals surface area contributed by atoms with Crippen molar-refractivity contribution in [1.82, 2.24) is 16.1 Å². The number of nitrogens with one attached hydrogen (secondary N) is 3. The van der Waals surface area contributed by atoms with Crippen LogP contribution in [-0.2, 0) is 16.1 Å². The number of amides is 2. The van der Waals surface area contributed by atoms with E-state index in [1.165, 1.54) is 7.11 Å². The van der Waals surface area contributed by atoms with E-state index < -0.39 is 24.3 Å². The minimum Gasteiger partial charge on any atom is -0.490 e. The number of carbonyl (C=O) groups is 2. The number of hydrogen-bond acceptors (Lipinski definition) is 10. The summed E-state index contributed by atoms with van der Waals surface area (Å²) in [4.78, 5) is 24.6. The van der Waals surface area contributed by atoms with Crippen LogP contribution in [0.4, 0.5) is 4.79 Å². The number of aliphatic hydroxyl groups is 1. The van der Waals surface area contributed by atoms with Gasteiger partial charge in [-0.3, -0.25) is 5.43 Å². The second-order valence-electron chi connectivity index (χ2n) is 9.54. The predicted octanol–water partition coefficient (Wildman–Crippen LogP) is 3.66. The molecule has 0 radical (unpaired) electrons. The predicted molar refractivity (Wildman–Crippen MR) is 161 cm³/mol. The summed E-state index contributed by atoms with van der Waals surface area (Å²) >= 11 is 0. The highest BCUT2D eigenvalue weighted by Gasteiger charge is 2.32. The number of urea groups is 1. The molecule has 1 aliphatic rings. The number of nitrogens with zero attached hydrogens (tertiary/aromatic N) is 2. The second kappa shape index (κ2) is 15.1. The van der Waals surface area contributed by atoms with Crippen LogP contribution in [0.5, 0.6) is 17.2 Å². The van der Waals surface area contributed by atoms with E-state index in [2.05, 4.69) is 27.2 Å². The first-order valence-corrected chi connectivity index (χ1v) is 13.8. The topological polar surface area (TPSA) is 164 Å². The largest absolute Gasteiger partial charge is 0.490 e. The van der Waals surface area contributed by atoms with Gasteiger partial charge in [0.05, 0.1) is 43.2 Å². The van der Waals surface area contributed by atoms with Crippen molar-refractivity contribution < 1.29 is 33.6 Å². The maximum Gasteiger partial charge on any atom is 0.337 e. The summed E-state index contributed by atoms with van der Waals surface area (Å²) in [5.74, 6) is 0.792. The molecule has 0 spiro atoms. The zero-order valence-electron chi connectivity index (χ0n) is 24.5. The number of rotatable bonds is 13. The number of ether oxygens (including phenoxy) is 4. The Balaban J connectivity index is 1.32. The van der Waals surface area contributed by atoms with E-state index in [4.69, 9.17) is 18.9 Å². The first-order chi connectivity index (χ1) is 21.3. The molecular formula is C32H33N5O7. The van der Waals surface area contributed by atoms with Gasteiger partial charge in [0.15, 0.2) is 17.7 Å². The molecular weight excluding hydrogens is 566 g/mol. The normalized spacial score (nSPS) is 15.1. The van der Waals surface area contributed by atoms with Crippen LogP contribution in [0.25, 0.3) is 0 Å². The van der Waals surface area contributed by atoms with Crippen LogP contribution in [0.3, 0.4) is 0 Å². The molecule has 0 aromatic heterocycles. The monoisotopic (exact) mass is 599 g/mol. The third-order valence-corrected chi connectivity index (χ3v) is 6.52. The number of hydrogen-bond donors (Lipinski definition) is 4. The fourth-order valence-corrected chi connectivity index (χ4v) is 4.39. The quantitative estimate of drug-likeness (QED) is 0.0994. The van der Waals surface area contributed by atoms with Gasteiger partial charge in [-0.2, -0.15) is 10.4 Å². The van der Waals surface area contributed by atoms with E-state index in [-0.39, 0.29) is 18.8 Å². The molecule has 12 nitrogen and oxygen atoms in total. The average molecular weight is 600 g/mol. The number of aliphatic hydroxyl groups excluding tert-OH is 1. The summed E-state index contributed by atoms with van der Waals surface area (Å²) in [5.41, 5.74) is 6.00. The lowest BCUT2D eigenvalue weighted by Crippen LogP contribution is -2.45. The van der Waals surface area contributed by atoms with Gasteiger partial charge in [-0.15, -0.1) is 0 Å². The van der Waals surface area contributed by atoms with E-state index in [0.717, 1.165) is 11.1 Å². The van der Waals surface area contributed by atoms with Gasteiger partial charge in [0.1, 0.15) is 19.0 Å². The molecule has 0 saturated heterocycles. The molecule has 2 amide bonds. The zero-order chi connectivity index (χ0) is 31.5. The highest BCUT2D eigenvalue weighted by molar-refractivity contribution is 5.95. The molecule has 1 heterocycles. The molecule has 4 rings (SSSR count). The number of hydrazone groups is 1. The number of benzene rings is 3. The van der Waals surface area contributed by atoms with Crippen LogP contribution >= 0.6 is 0 Å². The molecule has 0 saturated carbocycles. The Hall–Kier alpha value is -5.54. The van der Waals surface area contributed by atoms with Gasteiger partial charge in [-0.1, -0.05) is 24.3 Å². The van der Waals surface area contributed by atoms with E-state index in [9.17, 15) is 20.0 Å². The van der Waals surface area contributed by atoms with E-state index in [0.29, 0.717) is 40.7 Å². The Morgan fingerprint density at radius 1 is 1.11 bits per heavy atom. The van der Waals surface area contributed by atoms with E-state index in [1.54, 1.807) is 49.5 Å². The average Bonchev–Trinajstić information content (AvgIpc) is 3.03. The third kappa shape index (κ3) is 8.05. The van der Waals surface area contributed by atoms with Crippen LogP contribution < -0.4 is 30.3 Å². The minimum absolute atomic E-state index is 0.149. The SMILES string of the molecule is CCOc1cc([C@@H]2NC(=O)NC(C)=C2C(=O)OC)ccc1OC[C@@H](O)N/N=C\c1ccc(OCc2ccccc2C#N)cc1. The summed E-state index contributed by atoms with van der Waals surface area (Å²) in [6, 6.07) is 20.4. The van der Waals surface area contributed by atoms with Crippen LogP contribution in [0.1, 0.15) is 42.1 Å². The molecule has 3 aromatic carbocycles. The maximum atomic E-state index is 12.4. The molecule has 2 atom stereocenters. The molecule has 3 aromatic rings. The molecule has 12 heteroatoms. The lowest BCUT2D eigenvalue weighted by molar-refractivity contribution is -0.136. The van der Waals surface area contributed by atoms with Crippen molar-refractivity contribution in [1.29, 1.82) is 5.26 Å². The smallest absolute Gasteiger partial charge is 0.337 e. The fourth-order valence-electron chi connectivity index (χ4n) is 4.39. The Morgan fingerprint density at radius 3 is 2.61 bits per heavy atom. The van der Waals surface area contributed by atoms with Gasteiger partial charge >= 0.3 is 12.0 Å². The van der Waals surface area contributed by atoms with Crippen molar-refractivity contribution in [2.24, 2.45) is 5.10 Å². The molecule has 0 unspecified atom stereocenters. The van der Waals surface area contributed by atoms with Crippen LogP contribution in [0.15, 0.2) is 83.1 Å². The van der Waals surface area contributed by atoms with Gasteiger partial charge in [0.25, 0.3) is 0 Å². The van der Waals surface area contributed by atoms with Crippen molar-refractivity contribution in [2.45, 2.75) is 32.7 Å². The number of nitriles is 1. The molecule has 0 bridgehead atoms. The first-order valence-electron chi connectivity index (χ1n) is 13.8. The van der Waals surface area contributed by atoms with Crippen molar-refractivity contribution in [2.75, 3.05) is 20.3 Å². The summed E-state index contributed by atoms with van der Waals surface area (Å²) in [6.45, 7) is 3.89. The summed E-state index contributed by atoms with van der Waals surface area (Å²) < 4.78 is 22.2. The van der Waals surface area contributed by atoms with Crippen LogP contribution in [-0.4, -0.2) is 49.9 Å². The van der Waals surface area contributed by atoms with E-state index >= 15 is 0 Å². The van der Waals surface area contributed by atoms with Gasteiger partial charge in [0, 0.05) is 11.3 Å². The third-order valence-electron chi connectivity index (χ3n) is 6.52. The molecule has 4 N–H and O–H groups in total. The molecule has 1 aliphatic heterocycles. The number of methoxy groups -OCH3 is 1. The van der Waals surface area contributed by atoms with Crippen molar-refractivity contribution in [3.63, 3.8) is 0 Å². The van der Waals surface area contributed by atoms with Crippen molar-refractivity contribution >= 4 is 18.2 Å². The van der Waals surface area contributed by atoms with E-state index in [1.807, 2.05) is 37.3 Å². The summed E-state index contributed by atoms with van der Waals surface area (Å²) in [6.07, 6.45) is 0.406. The number of carbonyl (C=O) groups excluding carboxylic acids is 2. The second-order valence-corrected chi connectivity index (χ2v) is 9.54. The van der Waals surface area contributed by atoms with Gasteiger partial charge < -0.3 is 34.7 Å². The Morgan fingerprint density at radius 2 is 1.89 bits per heavy atom. The summed E-state index contributed by atoms with van der Waals surface area (Å²) in [7, 11) is 1.27.